The smallest absolute Gasteiger partial charge is 0.244 e. The third-order valence-corrected chi connectivity index (χ3v) is 3.05. The van der Waals surface area contributed by atoms with Gasteiger partial charge < -0.3 is 15.6 Å². The minimum atomic E-state index is -0.182. The number of benzene rings is 1. The molecule has 2 aromatic rings. The van der Waals surface area contributed by atoms with Crippen LogP contribution < -0.4 is 11.1 Å². The second-order valence-corrected chi connectivity index (χ2v) is 4.40. The highest BCUT2D eigenvalue weighted by atomic mass is 16.1. The number of nitrogens with one attached hydrogen (secondary N) is 1. The van der Waals surface area contributed by atoms with Gasteiger partial charge in [0.05, 0.1) is 5.69 Å². The number of hydrogen-bond donors (Lipinski definition) is 2. The first kappa shape index (κ1) is 13.7. The van der Waals surface area contributed by atoms with Gasteiger partial charge in [0, 0.05) is 11.4 Å². The van der Waals surface area contributed by atoms with Gasteiger partial charge in [-0.05, 0) is 24.6 Å². The Morgan fingerprint density at radius 2 is 2.10 bits per heavy atom. The van der Waals surface area contributed by atoms with E-state index in [1.807, 2.05) is 37.3 Å². The first-order chi connectivity index (χ1) is 9.65. The molecule has 1 aromatic carbocycles. The molecule has 0 aliphatic carbocycles. The summed E-state index contributed by atoms with van der Waals surface area (Å²) in [5.41, 5.74) is 8.35. The summed E-state index contributed by atoms with van der Waals surface area (Å²) in [5, 5.41) is 11.9. The van der Waals surface area contributed by atoms with Gasteiger partial charge in [-0.1, -0.05) is 25.1 Å². The van der Waals surface area contributed by atoms with Crippen LogP contribution in [0.4, 0.5) is 11.4 Å². The molecular weight excluding hydrogens is 252 g/mol. The third-order valence-electron chi connectivity index (χ3n) is 3.05. The zero-order valence-corrected chi connectivity index (χ0v) is 11.3. The summed E-state index contributed by atoms with van der Waals surface area (Å²) in [6, 6.07) is 12.9. The molecule has 0 radical (unpaired) electrons. The van der Waals surface area contributed by atoms with E-state index >= 15 is 0 Å². The molecule has 0 spiro atoms. The summed E-state index contributed by atoms with van der Waals surface area (Å²) in [6.07, 6.45) is 0.673. The van der Waals surface area contributed by atoms with Crippen molar-refractivity contribution in [1.82, 2.24) is 4.57 Å². The predicted molar refractivity (Wildman–Crippen MR) is 78.0 cm³/mol. The number of rotatable bonds is 4. The van der Waals surface area contributed by atoms with Crippen molar-refractivity contribution in [2.45, 2.75) is 19.9 Å². The van der Waals surface area contributed by atoms with Crippen LogP contribution in [0.5, 0.6) is 0 Å². The molecule has 2 rings (SSSR count). The Balaban J connectivity index is 2.18. The van der Waals surface area contributed by atoms with Crippen LogP contribution in [0.15, 0.2) is 36.4 Å². The van der Waals surface area contributed by atoms with E-state index in [1.165, 1.54) is 0 Å². The summed E-state index contributed by atoms with van der Waals surface area (Å²) in [6.45, 7) is 2.02. The van der Waals surface area contributed by atoms with Crippen molar-refractivity contribution in [2.75, 3.05) is 11.1 Å². The second-order valence-electron chi connectivity index (χ2n) is 4.40. The summed E-state index contributed by atoms with van der Waals surface area (Å²) >= 11 is 0. The Bertz CT molecular complexity index is 653. The van der Waals surface area contributed by atoms with Crippen LogP contribution in [0.1, 0.15) is 18.3 Å². The number of nitriles is 1. The summed E-state index contributed by atoms with van der Waals surface area (Å²) in [5.74, 6) is -0.182. The lowest BCUT2D eigenvalue weighted by Crippen LogP contribution is -2.21. The number of carbonyl (C=O) groups excluding carboxylic acids is 1. The lowest BCUT2D eigenvalue weighted by molar-refractivity contribution is -0.116. The topological polar surface area (TPSA) is 83.8 Å². The molecule has 3 N–H and O–H groups in total. The van der Waals surface area contributed by atoms with E-state index in [2.05, 4.69) is 11.4 Å². The first-order valence-corrected chi connectivity index (χ1v) is 6.38. The van der Waals surface area contributed by atoms with Gasteiger partial charge in [0.1, 0.15) is 18.3 Å². The molecule has 0 saturated carbocycles. The zero-order chi connectivity index (χ0) is 14.5. The Morgan fingerprint density at radius 1 is 1.40 bits per heavy atom. The number of aromatic nitrogens is 1. The van der Waals surface area contributed by atoms with Gasteiger partial charge in [-0.25, -0.2) is 0 Å². The minimum absolute atomic E-state index is 0.0815. The van der Waals surface area contributed by atoms with Crippen LogP contribution in [0.25, 0.3) is 0 Å². The number of nitrogens with zero attached hydrogens (tertiary/aromatic N) is 2. The molecular formula is C15H16N4O. The lowest BCUT2D eigenvalue weighted by atomic mass is 10.3. The van der Waals surface area contributed by atoms with Gasteiger partial charge in [0.15, 0.2) is 0 Å². The fourth-order valence-corrected chi connectivity index (χ4v) is 2.14. The molecule has 0 bridgehead atoms. The van der Waals surface area contributed by atoms with Crippen LogP contribution in [0.2, 0.25) is 0 Å². The van der Waals surface area contributed by atoms with E-state index in [4.69, 9.17) is 11.0 Å². The third kappa shape index (κ3) is 2.81. The van der Waals surface area contributed by atoms with Gasteiger partial charge in [0.25, 0.3) is 0 Å². The highest BCUT2D eigenvalue weighted by molar-refractivity contribution is 5.90. The van der Waals surface area contributed by atoms with Gasteiger partial charge in [-0.15, -0.1) is 0 Å². The van der Waals surface area contributed by atoms with Crippen molar-refractivity contribution in [3.8, 4) is 6.07 Å². The van der Waals surface area contributed by atoms with E-state index in [0.717, 1.165) is 11.4 Å². The molecule has 0 aliphatic heterocycles. The number of para-hydroxylation sites is 1. The van der Waals surface area contributed by atoms with E-state index in [-0.39, 0.29) is 12.5 Å². The molecule has 1 amide bonds. The van der Waals surface area contributed by atoms with Crippen molar-refractivity contribution < 1.29 is 4.79 Å². The number of hydrogen-bond acceptors (Lipinski definition) is 3. The zero-order valence-electron chi connectivity index (χ0n) is 11.3. The van der Waals surface area contributed by atoms with E-state index in [9.17, 15) is 4.79 Å². The van der Waals surface area contributed by atoms with Crippen molar-refractivity contribution >= 4 is 17.3 Å². The molecule has 5 nitrogen and oxygen atoms in total. The number of nitrogens with two attached hydrogens (primary N) is 1. The normalized spacial score (nSPS) is 10.0. The van der Waals surface area contributed by atoms with Crippen molar-refractivity contribution in [3.05, 3.63) is 47.8 Å². The predicted octanol–water partition coefficient (Wildman–Crippen LogP) is 2.14. The first-order valence-electron chi connectivity index (χ1n) is 6.38. The fraction of sp³-hybridized carbons (Fsp3) is 0.200. The van der Waals surface area contributed by atoms with Crippen LogP contribution in [0.3, 0.4) is 0 Å². The summed E-state index contributed by atoms with van der Waals surface area (Å²) in [7, 11) is 0. The van der Waals surface area contributed by atoms with Gasteiger partial charge in [0.2, 0.25) is 5.91 Å². The van der Waals surface area contributed by atoms with E-state index in [1.54, 1.807) is 10.6 Å². The SMILES string of the molecule is CCc1c(N)cc(C#N)n1CC(=O)Nc1ccccc1. The van der Waals surface area contributed by atoms with Gasteiger partial charge >= 0.3 is 0 Å². The van der Waals surface area contributed by atoms with E-state index in [0.29, 0.717) is 17.8 Å². The maximum atomic E-state index is 12.0. The average Bonchev–Trinajstić information content (AvgIpc) is 2.75. The molecule has 102 valence electrons. The maximum Gasteiger partial charge on any atom is 0.244 e. The molecule has 0 fully saturated rings. The minimum Gasteiger partial charge on any atom is -0.397 e. The second kappa shape index (κ2) is 5.93. The van der Waals surface area contributed by atoms with Crippen LogP contribution in [-0.2, 0) is 17.8 Å². The standard InChI is InChI=1S/C15H16N4O/c1-2-14-13(17)8-12(9-16)19(14)10-15(20)18-11-6-4-3-5-7-11/h3-8H,2,10,17H2,1H3,(H,18,20). The number of carbonyl (C=O) groups is 1. The molecule has 1 heterocycles. The highest BCUT2D eigenvalue weighted by Crippen LogP contribution is 2.19. The maximum absolute atomic E-state index is 12.0. The molecule has 0 saturated heterocycles. The summed E-state index contributed by atoms with van der Waals surface area (Å²) in [4.78, 5) is 12.0. The Morgan fingerprint density at radius 3 is 2.70 bits per heavy atom. The Hall–Kier alpha value is -2.74. The highest BCUT2D eigenvalue weighted by Gasteiger charge is 2.14. The van der Waals surface area contributed by atoms with Crippen molar-refractivity contribution in [2.24, 2.45) is 0 Å². The van der Waals surface area contributed by atoms with E-state index < -0.39 is 0 Å². The fourth-order valence-electron chi connectivity index (χ4n) is 2.14. The molecule has 0 aliphatic rings. The van der Waals surface area contributed by atoms with Gasteiger partial charge in [-0.3, -0.25) is 4.79 Å². The monoisotopic (exact) mass is 268 g/mol. The number of anilines is 2. The molecule has 20 heavy (non-hydrogen) atoms. The van der Waals surface area contributed by atoms with Crippen molar-refractivity contribution in [3.63, 3.8) is 0 Å². The molecule has 0 atom stereocenters. The Kier molecular flexibility index (Phi) is 4.06. The lowest BCUT2D eigenvalue weighted by Gasteiger charge is -2.10. The van der Waals surface area contributed by atoms with Crippen LogP contribution in [-0.4, -0.2) is 10.5 Å². The molecule has 1 aromatic heterocycles. The largest absolute Gasteiger partial charge is 0.397 e. The quantitative estimate of drug-likeness (QED) is 0.891. The number of nitrogen functional groups attached to an aromatic ring is 1. The van der Waals surface area contributed by atoms with Crippen molar-refractivity contribution in [1.29, 1.82) is 5.26 Å². The molecule has 5 heteroatoms. The van der Waals surface area contributed by atoms with Crippen LogP contribution >= 0.6 is 0 Å². The molecule has 0 unspecified atom stereocenters. The van der Waals surface area contributed by atoms with Crippen LogP contribution in [0, 0.1) is 11.3 Å². The number of amides is 1. The van der Waals surface area contributed by atoms with Gasteiger partial charge in [-0.2, -0.15) is 5.26 Å². The Labute approximate surface area is 117 Å². The summed E-state index contributed by atoms with van der Waals surface area (Å²) < 4.78 is 1.66. The average molecular weight is 268 g/mol.